The highest BCUT2D eigenvalue weighted by molar-refractivity contribution is 5.80. The van der Waals surface area contributed by atoms with Gasteiger partial charge in [0.15, 0.2) is 6.04 Å². The van der Waals surface area contributed by atoms with E-state index in [-0.39, 0.29) is 5.97 Å². The van der Waals surface area contributed by atoms with Crippen molar-refractivity contribution in [3.8, 4) is 0 Å². The van der Waals surface area contributed by atoms with Gasteiger partial charge in [0.05, 0.1) is 7.11 Å². The van der Waals surface area contributed by atoms with Crippen molar-refractivity contribution >= 4 is 17.6 Å². The second-order valence-corrected chi connectivity index (χ2v) is 4.45. The lowest BCUT2D eigenvalue weighted by molar-refractivity contribution is -0.141. The normalized spacial score (nSPS) is 11.5. The molecule has 21 heavy (non-hydrogen) atoms. The third-order valence-corrected chi connectivity index (χ3v) is 2.97. The van der Waals surface area contributed by atoms with Crippen LogP contribution in [-0.2, 0) is 9.53 Å². The Morgan fingerprint density at radius 3 is 2.52 bits per heavy atom. The molecule has 5 heteroatoms. The summed E-state index contributed by atoms with van der Waals surface area (Å²) in [6.45, 7) is 2.79. The van der Waals surface area contributed by atoms with Crippen LogP contribution in [0.25, 0.3) is 0 Å². The number of hydrogen-bond acceptors (Lipinski definition) is 5. The van der Waals surface area contributed by atoms with Gasteiger partial charge in [-0.25, -0.2) is 9.78 Å². The molecule has 0 bridgehead atoms. The first-order valence-electron chi connectivity index (χ1n) is 6.85. The summed E-state index contributed by atoms with van der Waals surface area (Å²) in [5.41, 5.74) is 0.833. The highest BCUT2D eigenvalue weighted by atomic mass is 16.5. The van der Waals surface area contributed by atoms with Crippen LogP contribution in [0.2, 0.25) is 0 Å². The van der Waals surface area contributed by atoms with Gasteiger partial charge in [0.25, 0.3) is 0 Å². The molecule has 5 nitrogen and oxygen atoms in total. The number of rotatable bonds is 6. The smallest absolute Gasteiger partial charge is 0.333 e. The Hall–Kier alpha value is -2.56. The molecule has 0 saturated carbocycles. The van der Waals surface area contributed by atoms with Crippen LogP contribution < -0.4 is 10.6 Å². The largest absolute Gasteiger partial charge is 0.467 e. The zero-order chi connectivity index (χ0) is 15.1. The maximum atomic E-state index is 12.0. The molecule has 1 heterocycles. The fourth-order valence-electron chi connectivity index (χ4n) is 1.98. The van der Waals surface area contributed by atoms with Gasteiger partial charge in [0.1, 0.15) is 11.6 Å². The van der Waals surface area contributed by atoms with Crippen molar-refractivity contribution in [2.45, 2.75) is 13.0 Å². The van der Waals surface area contributed by atoms with Gasteiger partial charge in [0, 0.05) is 6.54 Å². The summed E-state index contributed by atoms with van der Waals surface area (Å²) in [6.07, 6.45) is 0. The van der Waals surface area contributed by atoms with Crippen molar-refractivity contribution < 1.29 is 9.53 Å². The number of ether oxygens (including phenoxy) is 1. The molecule has 0 spiro atoms. The average molecular weight is 285 g/mol. The fraction of sp³-hybridized carbons (Fsp3) is 0.250. The molecule has 0 amide bonds. The summed E-state index contributed by atoms with van der Waals surface area (Å²) >= 11 is 0. The van der Waals surface area contributed by atoms with E-state index in [1.807, 2.05) is 55.5 Å². The van der Waals surface area contributed by atoms with Crippen LogP contribution in [0.5, 0.6) is 0 Å². The molecule has 0 aliphatic rings. The van der Waals surface area contributed by atoms with Gasteiger partial charge in [-0.2, -0.15) is 0 Å². The Balaban J connectivity index is 2.23. The van der Waals surface area contributed by atoms with Crippen LogP contribution in [0.15, 0.2) is 48.5 Å². The monoisotopic (exact) mass is 285 g/mol. The van der Waals surface area contributed by atoms with Crippen LogP contribution in [0.1, 0.15) is 18.5 Å². The molecule has 1 aromatic heterocycles. The van der Waals surface area contributed by atoms with E-state index in [9.17, 15) is 4.79 Å². The van der Waals surface area contributed by atoms with Crippen LogP contribution in [0.4, 0.5) is 11.6 Å². The Morgan fingerprint density at radius 1 is 1.14 bits per heavy atom. The molecule has 0 fully saturated rings. The van der Waals surface area contributed by atoms with E-state index in [4.69, 9.17) is 4.74 Å². The molecule has 1 unspecified atom stereocenters. The standard InChI is InChI=1S/C16H19N3O2/c1-3-17-13-10-7-11-14(18-13)19-15(16(20)21-2)12-8-5-4-6-9-12/h4-11,15H,3H2,1-2H3,(H2,17,18,19). The quantitative estimate of drug-likeness (QED) is 0.799. The topological polar surface area (TPSA) is 63.2 Å². The van der Waals surface area contributed by atoms with Crippen molar-refractivity contribution in [2.24, 2.45) is 0 Å². The summed E-state index contributed by atoms with van der Waals surface area (Å²) in [4.78, 5) is 16.4. The predicted molar refractivity (Wildman–Crippen MR) is 83.2 cm³/mol. The lowest BCUT2D eigenvalue weighted by Gasteiger charge is -2.17. The van der Waals surface area contributed by atoms with Gasteiger partial charge in [-0.15, -0.1) is 0 Å². The van der Waals surface area contributed by atoms with Gasteiger partial charge in [0.2, 0.25) is 0 Å². The number of carbonyl (C=O) groups is 1. The van der Waals surface area contributed by atoms with Gasteiger partial charge in [-0.1, -0.05) is 36.4 Å². The van der Waals surface area contributed by atoms with Crippen molar-refractivity contribution in [3.63, 3.8) is 0 Å². The zero-order valence-corrected chi connectivity index (χ0v) is 12.2. The second kappa shape index (κ2) is 7.28. The van der Waals surface area contributed by atoms with Gasteiger partial charge in [-0.05, 0) is 24.6 Å². The number of pyridine rings is 1. The van der Waals surface area contributed by atoms with Gasteiger partial charge in [-0.3, -0.25) is 0 Å². The van der Waals surface area contributed by atoms with Crippen LogP contribution >= 0.6 is 0 Å². The van der Waals surface area contributed by atoms with Crippen molar-refractivity contribution in [2.75, 3.05) is 24.3 Å². The summed E-state index contributed by atoms with van der Waals surface area (Å²) in [6, 6.07) is 14.4. The fourth-order valence-corrected chi connectivity index (χ4v) is 1.98. The highest BCUT2D eigenvalue weighted by Crippen LogP contribution is 2.20. The van der Waals surface area contributed by atoms with E-state index in [1.54, 1.807) is 0 Å². The van der Waals surface area contributed by atoms with Gasteiger partial charge < -0.3 is 15.4 Å². The van der Waals surface area contributed by atoms with E-state index in [1.165, 1.54) is 7.11 Å². The minimum absolute atomic E-state index is 0.350. The van der Waals surface area contributed by atoms with Crippen molar-refractivity contribution in [1.82, 2.24) is 4.98 Å². The maximum absolute atomic E-state index is 12.0. The third-order valence-electron chi connectivity index (χ3n) is 2.97. The number of hydrogen-bond donors (Lipinski definition) is 2. The first-order chi connectivity index (χ1) is 10.2. The number of nitrogens with zero attached hydrogens (tertiary/aromatic N) is 1. The Morgan fingerprint density at radius 2 is 1.86 bits per heavy atom. The molecule has 2 aromatic rings. The van der Waals surface area contributed by atoms with Crippen LogP contribution in [0.3, 0.4) is 0 Å². The molecular weight excluding hydrogens is 266 g/mol. The number of carbonyl (C=O) groups excluding carboxylic acids is 1. The lowest BCUT2D eigenvalue weighted by Crippen LogP contribution is -2.22. The van der Waals surface area contributed by atoms with Crippen LogP contribution in [0, 0.1) is 0 Å². The maximum Gasteiger partial charge on any atom is 0.333 e. The van der Waals surface area contributed by atoms with Crippen LogP contribution in [-0.4, -0.2) is 24.6 Å². The molecule has 0 aliphatic carbocycles. The Labute approximate surface area is 124 Å². The average Bonchev–Trinajstić information content (AvgIpc) is 2.53. The molecular formula is C16H19N3O2. The third kappa shape index (κ3) is 3.95. The minimum Gasteiger partial charge on any atom is -0.467 e. The minimum atomic E-state index is -0.583. The van der Waals surface area contributed by atoms with E-state index in [2.05, 4.69) is 15.6 Å². The van der Waals surface area contributed by atoms with Crippen molar-refractivity contribution in [1.29, 1.82) is 0 Å². The lowest BCUT2D eigenvalue weighted by atomic mass is 10.1. The number of esters is 1. The molecule has 1 atom stereocenters. The number of nitrogens with one attached hydrogen (secondary N) is 2. The first-order valence-corrected chi connectivity index (χ1v) is 6.85. The van der Waals surface area contributed by atoms with Gasteiger partial charge >= 0.3 is 5.97 Å². The van der Waals surface area contributed by atoms with E-state index < -0.39 is 6.04 Å². The molecule has 110 valence electrons. The van der Waals surface area contributed by atoms with E-state index >= 15 is 0 Å². The van der Waals surface area contributed by atoms with E-state index in [0.717, 1.165) is 17.9 Å². The Kier molecular flexibility index (Phi) is 5.15. The Bertz CT molecular complexity index is 587. The summed E-state index contributed by atoms with van der Waals surface area (Å²) in [7, 11) is 1.38. The predicted octanol–water partition coefficient (Wildman–Crippen LogP) is 2.84. The SMILES string of the molecule is CCNc1cccc(NC(C(=O)OC)c2ccccc2)n1. The number of benzene rings is 1. The molecule has 2 rings (SSSR count). The molecule has 2 N–H and O–H groups in total. The number of methoxy groups -OCH3 is 1. The first kappa shape index (κ1) is 14.8. The summed E-state index contributed by atoms with van der Waals surface area (Å²) in [5, 5.41) is 6.26. The van der Waals surface area contributed by atoms with Crippen molar-refractivity contribution in [3.05, 3.63) is 54.1 Å². The molecule has 0 aliphatic heterocycles. The number of aromatic nitrogens is 1. The second-order valence-electron chi connectivity index (χ2n) is 4.45. The van der Waals surface area contributed by atoms with E-state index in [0.29, 0.717) is 5.82 Å². The molecule has 0 radical (unpaired) electrons. The summed E-state index contributed by atoms with van der Waals surface area (Å²) < 4.78 is 4.87. The number of anilines is 2. The molecule has 1 aromatic carbocycles. The summed E-state index contributed by atoms with van der Waals surface area (Å²) in [5.74, 6) is 1.03. The highest BCUT2D eigenvalue weighted by Gasteiger charge is 2.21. The zero-order valence-electron chi connectivity index (χ0n) is 12.2. The molecule has 0 saturated heterocycles.